The van der Waals surface area contributed by atoms with Gasteiger partial charge in [0.1, 0.15) is 5.75 Å². The van der Waals surface area contributed by atoms with Crippen LogP contribution in [0.1, 0.15) is 72.3 Å². The van der Waals surface area contributed by atoms with Gasteiger partial charge in [-0.1, -0.05) is 53.1 Å². The van der Waals surface area contributed by atoms with Crippen LogP contribution < -0.4 is 4.74 Å². The van der Waals surface area contributed by atoms with Crippen LogP contribution in [0.2, 0.25) is 5.02 Å². The lowest BCUT2D eigenvalue weighted by molar-refractivity contribution is 0.120. The first-order valence-electron chi connectivity index (χ1n) is 7.63. The highest BCUT2D eigenvalue weighted by atomic mass is 35.5. The van der Waals surface area contributed by atoms with Gasteiger partial charge in [-0.05, 0) is 48.9 Å². The summed E-state index contributed by atoms with van der Waals surface area (Å²) in [6.07, 6.45) is 4.13. The van der Waals surface area contributed by atoms with Crippen LogP contribution in [0.4, 0.5) is 0 Å². The van der Waals surface area contributed by atoms with E-state index in [-0.39, 0.29) is 0 Å². The van der Waals surface area contributed by atoms with Crippen molar-refractivity contribution in [2.45, 2.75) is 72.8 Å². The SMILES string of the molecule is CC.CC.CC(C)c1cc(OC2CCC2)ccc1Cl. The average molecular weight is 285 g/mol. The molecule has 0 unspecified atom stereocenters. The van der Waals surface area contributed by atoms with Crippen molar-refractivity contribution in [1.29, 1.82) is 0 Å². The molecule has 19 heavy (non-hydrogen) atoms. The molecule has 0 aliphatic heterocycles. The highest BCUT2D eigenvalue weighted by Crippen LogP contribution is 2.31. The van der Waals surface area contributed by atoms with Gasteiger partial charge >= 0.3 is 0 Å². The molecule has 0 bridgehead atoms. The van der Waals surface area contributed by atoms with Crippen LogP contribution in [0, 0.1) is 0 Å². The van der Waals surface area contributed by atoms with E-state index in [1.165, 1.54) is 24.8 Å². The fraction of sp³-hybridized carbons (Fsp3) is 0.647. The van der Waals surface area contributed by atoms with Crippen molar-refractivity contribution in [2.24, 2.45) is 0 Å². The van der Waals surface area contributed by atoms with Crippen LogP contribution in [0.25, 0.3) is 0 Å². The first-order valence-corrected chi connectivity index (χ1v) is 8.00. The van der Waals surface area contributed by atoms with Crippen molar-refractivity contribution >= 4 is 11.6 Å². The first kappa shape index (κ1) is 18.3. The monoisotopic (exact) mass is 284 g/mol. The van der Waals surface area contributed by atoms with E-state index in [1.54, 1.807) is 0 Å². The molecule has 1 aromatic carbocycles. The lowest BCUT2D eigenvalue weighted by Gasteiger charge is -2.26. The summed E-state index contributed by atoms with van der Waals surface area (Å²) < 4.78 is 5.84. The molecule has 2 heteroatoms. The van der Waals surface area contributed by atoms with Gasteiger partial charge in [-0.25, -0.2) is 0 Å². The Bertz CT molecular complexity index is 343. The summed E-state index contributed by atoms with van der Waals surface area (Å²) in [5, 5.41) is 0.839. The Morgan fingerprint density at radius 2 is 1.68 bits per heavy atom. The Morgan fingerprint density at radius 1 is 1.11 bits per heavy atom. The summed E-state index contributed by atoms with van der Waals surface area (Å²) in [7, 11) is 0. The van der Waals surface area contributed by atoms with Crippen molar-refractivity contribution in [1.82, 2.24) is 0 Å². The Labute approximate surface area is 124 Å². The minimum atomic E-state index is 0.436. The highest BCUT2D eigenvalue weighted by molar-refractivity contribution is 6.31. The maximum absolute atomic E-state index is 6.12. The molecule has 1 nitrogen and oxygen atoms in total. The molecule has 1 aliphatic carbocycles. The quantitative estimate of drug-likeness (QED) is 0.620. The zero-order valence-electron chi connectivity index (χ0n) is 13.3. The summed E-state index contributed by atoms with van der Waals surface area (Å²) in [5.41, 5.74) is 1.17. The summed E-state index contributed by atoms with van der Waals surface area (Å²) >= 11 is 6.12. The molecule has 110 valence electrons. The third-order valence-corrected chi connectivity index (χ3v) is 3.29. The predicted octanol–water partition coefficient (Wildman–Crippen LogP) is 6.45. The van der Waals surface area contributed by atoms with Gasteiger partial charge in [0.15, 0.2) is 0 Å². The molecule has 1 aliphatic rings. The van der Waals surface area contributed by atoms with E-state index in [4.69, 9.17) is 16.3 Å². The highest BCUT2D eigenvalue weighted by Gasteiger charge is 2.19. The Kier molecular flexibility index (Phi) is 9.77. The van der Waals surface area contributed by atoms with Crippen LogP contribution in [0.15, 0.2) is 18.2 Å². The molecule has 1 saturated carbocycles. The number of benzene rings is 1. The molecule has 2 rings (SSSR count). The Hall–Kier alpha value is -0.690. The molecule has 1 aromatic rings. The van der Waals surface area contributed by atoms with Gasteiger partial charge in [0.25, 0.3) is 0 Å². The minimum Gasteiger partial charge on any atom is -0.490 e. The Morgan fingerprint density at radius 3 is 2.11 bits per heavy atom. The summed E-state index contributed by atoms with van der Waals surface area (Å²) in [5.74, 6) is 1.41. The van der Waals surface area contributed by atoms with Crippen LogP contribution in [-0.2, 0) is 0 Å². The van der Waals surface area contributed by atoms with E-state index in [0.717, 1.165) is 10.8 Å². The number of halogens is 1. The second-order valence-corrected chi connectivity index (χ2v) is 4.92. The van der Waals surface area contributed by atoms with Crippen LogP contribution in [-0.4, -0.2) is 6.10 Å². The molecule has 1 fully saturated rings. The minimum absolute atomic E-state index is 0.436. The second kappa shape index (κ2) is 10.1. The van der Waals surface area contributed by atoms with E-state index in [2.05, 4.69) is 19.9 Å². The number of hydrogen-bond acceptors (Lipinski definition) is 1. The number of hydrogen-bond donors (Lipinski definition) is 0. The lowest BCUT2D eigenvalue weighted by atomic mass is 9.96. The molecule has 0 heterocycles. The smallest absolute Gasteiger partial charge is 0.120 e. The van der Waals surface area contributed by atoms with Crippen molar-refractivity contribution in [2.75, 3.05) is 0 Å². The molecular formula is C17H29ClO. The van der Waals surface area contributed by atoms with Gasteiger partial charge < -0.3 is 4.74 Å². The van der Waals surface area contributed by atoms with Gasteiger partial charge in [-0.15, -0.1) is 0 Å². The van der Waals surface area contributed by atoms with E-state index >= 15 is 0 Å². The summed E-state index contributed by atoms with van der Waals surface area (Å²) in [4.78, 5) is 0. The second-order valence-electron chi connectivity index (χ2n) is 4.51. The van der Waals surface area contributed by atoms with Gasteiger partial charge in [0.05, 0.1) is 6.10 Å². The summed E-state index contributed by atoms with van der Waals surface area (Å²) in [6, 6.07) is 5.97. The molecule has 0 aromatic heterocycles. The summed E-state index contributed by atoms with van der Waals surface area (Å²) in [6.45, 7) is 12.3. The fourth-order valence-electron chi connectivity index (χ4n) is 1.72. The zero-order chi connectivity index (χ0) is 14.8. The number of rotatable bonds is 3. The van der Waals surface area contributed by atoms with Crippen molar-refractivity contribution < 1.29 is 4.74 Å². The molecular weight excluding hydrogens is 256 g/mol. The third-order valence-electron chi connectivity index (χ3n) is 2.94. The average Bonchev–Trinajstić information content (AvgIpc) is 2.40. The molecule has 0 spiro atoms. The lowest BCUT2D eigenvalue weighted by Crippen LogP contribution is -2.24. The Balaban J connectivity index is 0.000000741. The van der Waals surface area contributed by atoms with Crippen molar-refractivity contribution in [3.8, 4) is 5.75 Å². The van der Waals surface area contributed by atoms with E-state index in [1.807, 2.05) is 39.8 Å². The zero-order valence-corrected chi connectivity index (χ0v) is 14.1. The molecule has 0 atom stereocenters. The first-order chi connectivity index (χ1) is 9.16. The molecule has 0 saturated heterocycles. The van der Waals surface area contributed by atoms with Gasteiger partial charge in [0, 0.05) is 5.02 Å². The maximum Gasteiger partial charge on any atom is 0.120 e. The molecule has 0 radical (unpaired) electrons. The standard InChI is InChI=1S/C13H17ClO.2C2H6/c1-9(2)12-8-11(6-7-13(12)14)15-10-4-3-5-10;2*1-2/h6-10H,3-5H2,1-2H3;2*1-2H3. The van der Waals surface area contributed by atoms with E-state index in [9.17, 15) is 0 Å². The predicted molar refractivity (Wildman–Crippen MR) is 86.5 cm³/mol. The normalized spacial score (nSPS) is 13.7. The van der Waals surface area contributed by atoms with E-state index < -0.39 is 0 Å². The van der Waals surface area contributed by atoms with Crippen LogP contribution >= 0.6 is 11.6 Å². The van der Waals surface area contributed by atoms with Gasteiger partial charge in [-0.2, -0.15) is 0 Å². The fourth-order valence-corrected chi connectivity index (χ4v) is 2.05. The maximum atomic E-state index is 6.12. The largest absolute Gasteiger partial charge is 0.490 e. The topological polar surface area (TPSA) is 9.23 Å². The number of ether oxygens (including phenoxy) is 1. The third kappa shape index (κ3) is 5.86. The molecule has 0 N–H and O–H groups in total. The van der Waals surface area contributed by atoms with E-state index in [0.29, 0.717) is 12.0 Å². The van der Waals surface area contributed by atoms with Crippen LogP contribution in [0.5, 0.6) is 5.75 Å². The van der Waals surface area contributed by atoms with Gasteiger partial charge in [-0.3, -0.25) is 0 Å². The van der Waals surface area contributed by atoms with Crippen LogP contribution in [0.3, 0.4) is 0 Å². The molecule has 0 amide bonds. The van der Waals surface area contributed by atoms with Crippen molar-refractivity contribution in [3.05, 3.63) is 28.8 Å². The van der Waals surface area contributed by atoms with Gasteiger partial charge in [0.2, 0.25) is 0 Å². The van der Waals surface area contributed by atoms with Crippen molar-refractivity contribution in [3.63, 3.8) is 0 Å².